The third-order valence-electron chi connectivity index (χ3n) is 9.04. The van der Waals surface area contributed by atoms with Gasteiger partial charge in [-0.05, 0) is 49.4 Å². The van der Waals surface area contributed by atoms with Gasteiger partial charge in [0.25, 0.3) is 0 Å². The number of fused-ring (bicyclic) bond motifs is 2. The van der Waals surface area contributed by atoms with Crippen LogP contribution >= 0.6 is 17.0 Å². The summed E-state index contributed by atoms with van der Waals surface area (Å²) in [7, 11) is 11.0. The Morgan fingerprint density at radius 3 is 1.29 bits per heavy atom. The van der Waals surface area contributed by atoms with Crippen LogP contribution in [0.4, 0.5) is 0 Å². The average molecular weight is 699 g/mol. The molecule has 4 heteroatoms. The van der Waals surface area contributed by atoms with Gasteiger partial charge in [0.1, 0.15) is 0 Å². The monoisotopic (exact) mass is 696 g/mol. The summed E-state index contributed by atoms with van der Waals surface area (Å²) in [5, 5.41) is 5.93. The Labute approximate surface area is 278 Å². The van der Waals surface area contributed by atoms with E-state index in [1.165, 1.54) is 96.9 Å². The topological polar surface area (TPSA) is 0 Å². The van der Waals surface area contributed by atoms with Gasteiger partial charge in [-0.1, -0.05) is 103 Å². The zero-order chi connectivity index (χ0) is 30.5. The fourth-order valence-corrected chi connectivity index (χ4v) is 6.77. The van der Waals surface area contributed by atoms with Crippen LogP contribution in [-0.4, -0.2) is 9.52 Å². The molecule has 0 spiro atoms. The van der Waals surface area contributed by atoms with Gasteiger partial charge >= 0.3 is 37.9 Å². The number of rotatable bonds is 4. The van der Waals surface area contributed by atoms with E-state index in [0.717, 1.165) is 21.4 Å². The molecular weight excluding hydrogens is 647 g/mol. The minimum atomic E-state index is -0.826. The van der Waals surface area contributed by atoms with Gasteiger partial charge in [0.15, 0.2) is 0 Å². The van der Waals surface area contributed by atoms with E-state index in [0.29, 0.717) is 11.8 Å². The van der Waals surface area contributed by atoms with Gasteiger partial charge in [-0.2, -0.15) is 12.1 Å². The Balaban J connectivity index is 0.000000195. The van der Waals surface area contributed by atoms with E-state index in [9.17, 15) is 0 Å². The van der Waals surface area contributed by atoms with Crippen LogP contribution in [0.1, 0.15) is 138 Å². The molecule has 0 saturated heterocycles. The Morgan fingerprint density at radius 2 is 0.976 bits per heavy atom. The summed E-state index contributed by atoms with van der Waals surface area (Å²) < 4.78 is 0. The number of benzene rings is 2. The molecule has 2 fully saturated rings. The van der Waals surface area contributed by atoms with Crippen LogP contribution in [0, 0.1) is 0 Å². The number of hydrogen-bond acceptors (Lipinski definition) is 0. The summed E-state index contributed by atoms with van der Waals surface area (Å²) in [6.07, 6.45) is 14.1. The van der Waals surface area contributed by atoms with Crippen LogP contribution < -0.4 is 0 Å². The molecule has 4 aromatic carbocycles. The van der Waals surface area contributed by atoms with Crippen LogP contribution in [0.2, 0.25) is 13.1 Å². The number of hydrogen-bond donors (Lipinski definition) is 0. The molecule has 2 aliphatic carbocycles. The molecule has 6 rings (SSSR count). The molecule has 42 heavy (non-hydrogen) atoms. The maximum absolute atomic E-state index is 4.93. The van der Waals surface area contributed by atoms with Crippen LogP contribution in [0.3, 0.4) is 0 Å². The van der Waals surface area contributed by atoms with Crippen LogP contribution in [0.25, 0.3) is 21.5 Å². The first kappa shape index (κ1) is 35.8. The van der Waals surface area contributed by atoms with Crippen molar-refractivity contribution in [2.24, 2.45) is 0 Å². The maximum atomic E-state index is 4.93. The molecule has 0 nitrogen and oxygen atoms in total. The molecule has 0 unspecified atom stereocenters. The molecule has 0 aromatic heterocycles. The second kappa shape index (κ2) is 19.0. The summed E-state index contributed by atoms with van der Waals surface area (Å²) in [5.74, 6) is 2.89. The van der Waals surface area contributed by atoms with E-state index < -0.39 is 20.8 Å². The van der Waals surface area contributed by atoms with Crippen LogP contribution in [-0.2, 0) is 20.8 Å². The summed E-state index contributed by atoms with van der Waals surface area (Å²) in [6.45, 7) is 13.5. The minimum absolute atomic E-state index is 0.636. The molecule has 0 N–H and O–H groups in total. The van der Waals surface area contributed by atoms with Gasteiger partial charge < -0.3 is 0 Å². The zero-order valence-electron chi connectivity index (χ0n) is 26.9. The third-order valence-corrected chi connectivity index (χ3v) is 9.04. The molecule has 0 atom stereocenters. The third kappa shape index (κ3) is 10.2. The van der Waals surface area contributed by atoms with Crippen molar-refractivity contribution < 1.29 is 20.8 Å². The first-order valence-electron chi connectivity index (χ1n) is 16.3. The predicted octanol–water partition coefficient (Wildman–Crippen LogP) is 13.6. The molecule has 0 bridgehead atoms. The summed E-state index contributed by atoms with van der Waals surface area (Å²) in [5.41, 5.74) is 6.21. The van der Waals surface area contributed by atoms with Crippen molar-refractivity contribution in [1.29, 1.82) is 0 Å². The van der Waals surface area contributed by atoms with Crippen molar-refractivity contribution in [3.05, 3.63) is 82.9 Å². The Bertz CT molecular complexity index is 1200. The molecule has 0 amide bonds. The van der Waals surface area contributed by atoms with Gasteiger partial charge in [0, 0.05) is 9.52 Å². The van der Waals surface area contributed by atoms with Gasteiger partial charge in [-0.25, -0.2) is 0 Å². The first-order valence-corrected chi connectivity index (χ1v) is 24.6. The summed E-state index contributed by atoms with van der Waals surface area (Å²) >= 11 is -0.826. The molecule has 0 aliphatic heterocycles. The van der Waals surface area contributed by atoms with Gasteiger partial charge in [0.05, 0.1) is 0 Å². The van der Waals surface area contributed by atoms with Crippen molar-refractivity contribution in [2.45, 2.75) is 129 Å². The van der Waals surface area contributed by atoms with E-state index in [1.54, 1.807) is 11.1 Å². The predicted molar refractivity (Wildman–Crippen MR) is 188 cm³/mol. The summed E-state index contributed by atoms with van der Waals surface area (Å²) in [4.78, 5) is 0. The molecule has 2 aliphatic rings. The molecule has 2 radical (unpaired) electrons. The Morgan fingerprint density at radius 1 is 0.643 bits per heavy atom. The van der Waals surface area contributed by atoms with Crippen molar-refractivity contribution in [1.82, 2.24) is 0 Å². The van der Waals surface area contributed by atoms with Crippen molar-refractivity contribution in [2.75, 3.05) is 0 Å². The van der Waals surface area contributed by atoms with Crippen LogP contribution in [0.15, 0.2) is 60.7 Å². The standard InChI is InChI=1S/2C18H23.C2H6Si.2ClH.Zr/c2*1-13(2)16-11-15-9-6-10-17(18(15)12-16)14-7-4-3-5-8-14;1-3-2;;;/h2*6,9-14H,3-5,7-8H2,1-2H3;1-2H3;2*1H;/q2*-1;;;;+4/p-2. The van der Waals surface area contributed by atoms with Crippen molar-refractivity contribution in [3.63, 3.8) is 0 Å². The Kier molecular flexibility index (Phi) is 16.2. The van der Waals surface area contributed by atoms with E-state index in [1.807, 2.05) is 0 Å². The second-order valence-corrected chi connectivity index (χ2v) is 17.6. The normalized spacial score (nSPS) is 15.9. The molecule has 4 aromatic rings. The average Bonchev–Trinajstić information content (AvgIpc) is 3.65. The van der Waals surface area contributed by atoms with Crippen LogP contribution in [0.5, 0.6) is 0 Å². The molecule has 0 heterocycles. The van der Waals surface area contributed by atoms with Gasteiger partial charge in [-0.3, -0.25) is 0 Å². The number of halogens is 2. The van der Waals surface area contributed by atoms with Crippen molar-refractivity contribution >= 4 is 48.1 Å². The van der Waals surface area contributed by atoms with Gasteiger partial charge in [0.2, 0.25) is 0 Å². The molecule has 226 valence electrons. The van der Waals surface area contributed by atoms with Crippen molar-refractivity contribution in [3.8, 4) is 0 Å². The first-order chi connectivity index (χ1) is 20.3. The fraction of sp³-hybridized carbons (Fsp3) is 0.526. The molecule has 2 saturated carbocycles. The van der Waals surface area contributed by atoms with E-state index in [-0.39, 0.29) is 0 Å². The van der Waals surface area contributed by atoms with E-state index >= 15 is 0 Å². The zero-order valence-corrected chi connectivity index (χ0v) is 31.9. The Hall–Kier alpha value is -0.660. The second-order valence-electron chi connectivity index (χ2n) is 12.8. The van der Waals surface area contributed by atoms with E-state index in [4.69, 9.17) is 17.0 Å². The quantitative estimate of drug-likeness (QED) is 0.147. The molecular formula is C38H52Cl2SiZr. The fourth-order valence-electron chi connectivity index (χ4n) is 6.77. The summed E-state index contributed by atoms with van der Waals surface area (Å²) in [6, 6.07) is 23.4. The van der Waals surface area contributed by atoms with Gasteiger partial charge in [-0.15, -0.1) is 69.1 Å². The van der Waals surface area contributed by atoms with E-state index in [2.05, 4.69) is 101 Å². The SMILES string of the molecule is CC(C)c1cc2c(C3CCCCC3)cccc2[cH-]1.CC(C)c1cc2c(C3CCCCC3)cccc2[cH-]1.C[Si]C.[Cl][Zr+2][Cl].